The quantitative estimate of drug-likeness (QED) is 0.432. The predicted octanol–water partition coefficient (Wildman–Crippen LogP) is 3.10. The number of anilines is 1. The van der Waals surface area contributed by atoms with Gasteiger partial charge in [-0.15, -0.1) is 0 Å². The summed E-state index contributed by atoms with van der Waals surface area (Å²) in [7, 11) is 5.47. The summed E-state index contributed by atoms with van der Waals surface area (Å²) in [4.78, 5) is 25.2. The smallest absolute Gasteiger partial charge is 0.337 e. The Morgan fingerprint density at radius 2 is 2.03 bits per heavy atom. The van der Waals surface area contributed by atoms with Crippen LogP contribution in [-0.4, -0.2) is 74.4 Å². The summed E-state index contributed by atoms with van der Waals surface area (Å²) in [6, 6.07) is 13.3. The maximum atomic E-state index is 12.1. The van der Waals surface area contributed by atoms with E-state index in [2.05, 4.69) is 37.7 Å². The van der Waals surface area contributed by atoms with Crippen molar-refractivity contribution < 1.29 is 14.3 Å². The third-order valence-corrected chi connectivity index (χ3v) is 5.52. The first-order chi connectivity index (χ1) is 16.5. The fourth-order valence-corrected chi connectivity index (χ4v) is 3.95. The molecule has 174 valence electrons. The molecule has 0 bridgehead atoms. The first kappa shape index (κ1) is 23.4. The van der Waals surface area contributed by atoms with Crippen molar-refractivity contribution in [3.05, 3.63) is 77.7 Å². The predicted molar refractivity (Wildman–Crippen MR) is 132 cm³/mol. The van der Waals surface area contributed by atoms with Crippen molar-refractivity contribution in [2.24, 2.45) is 0 Å². The number of morpholine rings is 1. The van der Waals surface area contributed by atoms with Gasteiger partial charge in [-0.1, -0.05) is 11.8 Å². The molecule has 1 saturated heterocycles. The highest BCUT2D eigenvalue weighted by molar-refractivity contribution is 5.91. The van der Waals surface area contributed by atoms with Crippen molar-refractivity contribution in [1.29, 1.82) is 0 Å². The average molecular weight is 457 g/mol. The summed E-state index contributed by atoms with van der Waals surface area (Å²) in [5, 5.41) is 0. The lowest BCUT2D eigenvalue weighted by Gasteiger charge is -2.36. The minimum Gasteiger partial charge on any atom is -0.465 e. The normalized spacial score (nSPS) is 15.5. The second-order valence-corrected chi connectivity index (χ2v) is 8.35. The summed E-state index contributed by atoms with van der Waals surface area (Å²) >= 11 is 0. The highest BCUT2D eigenvalue weighted by Crippen LogP contribution is 2.32. The molecule has 1 atom stereocenters. The number of benzene rings is 1. The summed E-state index contributed by atoms with van der Waals surface area (Å²) in [5.74, 6) is 6.04. The molecule has 1 unspecified atom stereocenters. The standard InChI is InChI=1S/C27H28N4O3/c1-30(2)18-23-19-31(13-14-34-23)26-15-20(6-7-21-5-4-11-28-17-21)8-9-24(26)25-16-22(10-12-29-25)27(32)33-3/h4-5,8-12,15-17,23H,13-14,18-19H2,1-3H3. The molecule has 1 aromatic carbocycles. The van der Waals surface area contributed by atoms with Gasteiger partial charge in [-0.25, -0.2) is 4.79 Å². The van der Waals surface area contributed by atoms with E-state index in [0.717, 1.165) is 42.0 Å². The highest BCUT2D eigenvalue weighted by atomic mass is 16.5. The summed E-state index contributed by atoms with van der Waals surface area (Å²) in [5.41, 5.74) is 4.87. The number of pyridine rings is 2. The van der Waals surface area contributed by atoms with Crippen molar-refractivity contribution in [2.45, 2.75) is 6.10 Å². The average Bonchev–Trinajstić information content (AvgIpc) is 2.87. The molecule has 7 heteroatoms. The van der Waals surface area contributed by atoms with E-state index in [0.29, 0.717) is 17.9 Å². The molecule has 4 rings (SSSR count). The number of hydrogen-bond donors (Lipinski definition) is 0. The van der Waals surface area contributed by atoms with Crippen LogP contribution in [0.15, 0.2) is 61.1 Å². The topological polar surface area (TPSA) is 67.8 Å². The van der Waals surface area contributed by atoms with Gasteiger partial charge in [0.15, 0.2) is 0 Å². The van der Waals surface area contributed by atoms with Crippen LogP contribution < -0.4 is 4.90 Å². The number of carbonyl (C=O) groups excluding carboxylic acids is 1. The molecule has 3 heterocycles. The number of likely N-dealkylation sites (N-methyl/N-ethyl adjacent to an activating group) is 1. The van der Waals surface area contributed by atoms with Gasteiger partial charge in [-0.2, -0.15) is 0 Å². The molecule has 7 nitrogen and oxygen atoms in total. The van der Waals surface area contributed by atoms with Crippen LogP contribution in [0.1, 0.15) is 21.5 Å². The fraction of sp³-hybridized carbons (Fsp3) is 0.296. The van der Waals surface area contributed by atoms with Crippen molar-refractivity contribution in [3.63, 3.8) is 0 Å². The lowest BCUT2D eigenvalue weighted by atomic mass is 10.0. The zero-order valence-corrected chi connectivity index (χ0v) is 19.7. The zero-order valence-electron chi connectivity index (χ0n) is 19.7. The largest absolute Gasteiger partial charge is 0.465 e. The van der Waals surface area contributed by atoms with Crippen LogP contribution in [0.5, 0.6) is 0 Å². The summed E-state index contributed by atoms with van der Waals surface area (Å²) in [6.45, 7) is 2.98. The minimum atomic E-state index is -0.387. The Hall–Kier alpha value is -3.73. The van der Waals surface area contributed by atoms with Crippen LogP contribution >= 0.6 is 0 Å². The molecule has 3 aromatic rings. The van der Waals surface area contributed by atoms with E-state index in [4.69, 9.17) is 9.47 Å². The number of aromatic nitrogens is 2. The molecule has 2 aromatic heterocycles. The highest BCUT2D eigenvalue weighted by Gasteiger charge is 2.24. The number of carbonyl (C=O) groups is 1. The van der Waals surface area contributed by atoms with E-state index < -0.39 is 0 Å². The molecule has 0 N–H and O–H groups in total. The van der Waals surface area contributed by atoms with Crippen LogP contribution in [0.25, 0.3) is 11.3 Å². The lowest BCUT2D eigenvalue weighted by molar-refractivity contribution is 0.0248. The van der Waals surface area contributed by atoms with Crippen LogP contribution in [0.2, 0.25) is 0 Å². The van der Waals surface area contributed by atoms with Gasteiger partial charge >= 0.3 is 5.97 Å². The Kier molecular flexibility index (Phi) is 7.53. The fourth-order valence-electron chi connectivity index (χ4n) is 3.95. The van der Waals surface area contributed by atoms with Gasteiger partial charge in [-0.3, -0.25) is 9.97 Å². The summed E-state index contributed by atoms with van der Waals surface area (Å²) < 4.78 is 10.9. The molecule has 1 aliphatic rings. The van der Waals surface area contributed by atoms with Gasteiger partial charge in [0.2, 0.25) is 0 Å². The molecule has 1 fully saturated rings. The van der Waals surface area contributed by atoms with E-state index in [1.165, 1.54) is 7.11 Å². The SMILES string of the molecule is COC(=O)c1ccnc(-c2ccc(C#Cc3cccnc3)cc2N2CCOC(CN(C)C)C2)c1. The first-order valence-electron chi connectivity index (χ1n) is 11.2. The van der Waals surface area contributed by atoms with Crippen LogP contribution in [0, 0.1) is 11.8 Å². The Labute approximate surface area is 200 Å². The maximum absolute atomic E-state index is 12.1. The van der Waals surface area contributed by atoms with Crippen molar-refractivity contribution in [3.8, 4) is 23.1 Å². The van der Waals surface area contributed by atoms with Gasteiger partial charge in [-0.05, 0) is 56.6 Å². The molecule has 1 aliphatic heterocycles. The molecular formula is C27H28N4O3. The van der Waals surface area contributed by atoms with E-state index in [1.807, 2.05) is 38.4 Å². The molecule has 0 radical (unpaired) electrons. The lowest BCUT2D eigenvalue weighted by Crippen LogP contribution is -2.46. The van der Waals surface area contributed by atoms with Crippen LogP contribution in [0.3, 0.4) is 0 Å². The molecule has 0 spiro atoms. The number of esters is 1. The van der Waals surface area contributed by atoms with E-state index in [1.54, 1.807) is 30.7 Å². The van der Waals surface area contributed by atoms with Crippen LogP contribution in [-0.2, 0) is 9.47 Å². The Bertz CT molecular complexity index is 1200. The molecule has 0 saturated carbocycles. The van der Waals surface area contributed by atoms with Gasteiger partial charge in [0.05, 0.1) is 31.1 Å². The molecule has 34 heavy (non-hydrogen) atoms. The van der Waals surface area contributed by atoms with E-state index in [9.17, 15) is 4.79 Å². The maximum Gasteiger partial charge on any atom is 0.337 e. The van der Waals surface area contributed by atoms with Crippen molar-refractivity contribution in [1.82, 2.24) is 14.9 Å². The zero-order chi connectivity index (χ0) is 23.9. The van der Waals surface area contributed by atoms with E-state index >= 15 is 0 Å². The van der Waals surface area contributed by atoms with Gasteiger partial charge in [0.1, 0.15) is 0 Å². The molecular weight excluding hydrogens is 428 g/mol. The number of nitrogens with zero attached hydrogens (tertiary/aromatic N) is 4. The minimum absolute atomic E-state index is 0.0936. The number of methoxy groups -OCH3 is 1. The Balaban J connectivity index is 1.74. The van der Waals surface area contributed by atoms with Crippen molar-refractivity contribution >= 4 is 11.7 Å². The van der Waals surface area contributed by atoms with Crippen LogP contribution in [0.4, 0.5) is 5.69 Å². The third kappa shape index (κ3) is 5.79. The van der Waals surface area contributed by atoms with E-state index in [-0.39, 0.29) is 12.1 Å². The van der Waals surface area contributed by atoms with Crippen molar-refractivity contribution in [2.75, 3.05) is 52.3 Å². The monoisotopic (exact) mass is 456 g/mol. The number of rotatable bonds is 5. The van der Waals surface area contributed by atoms with Gasteiger partial charge in [0, 0.05) is 60.6 Å². The number of ether oxygens (including phenoxy) is 2. The first-order valence-corrected chi connectivity index (χ1v) is 11.2. The third-order valence-electron chi connectivity index (χ3n) is 5.52. The molecule has 0 aliphatic carbocycles. The second-order valence-electron chi connectivity index (χ2n) is 8.35. The molecule has 0 amide bonds. The Morgan fingerprint density at radius 3 is 2.79 bits per heavy atom. The van der Waals surface area contributed by atoms with Gasteiger partial charge < -0.3 is 19.3 Å². The van der Waals surface area contributed by atoms with Gasteiger partial charge in [0.25, 0.3) is 0 Å². The number of hydrogen-bond acceptors (Lipinski definition) is 7. The Morgan fingerprint density at radius 1 is 1.18 bits per heavy atom. The summed E-state index contributed by atoms with van der Waals surface area (Å²) in [6.07, 6.45) is 5.21. The second kappa shape index (κ2) is 10.9.